The lowest BCUT2D eigenvalue weighted by molar-refractivity contribution is 0.119. The van der Waals surface area contributed by atoms with Gasteiger partial charge in [0.15, 0.2) is 0 Å². The van der Waals surface area contributed by atoms with Crippen molar-refractivity contribution >= 4 is 15.9 Å². The van der Waals surface area contributed by atoms with Gasteiger partial charge in [0.2, 0.25) is 0 Å². The van der Waals surface area contributed by atoms with Crippen LogP contribution in [0.25, 0.3) is 0 Å². The minimum Gasteiger partial charge on any atom is -0.495 e. The van der Waals surface area contributed by atoms with E-state index >= 15 is 0 Å². The molecule has 0 amide bonds. The number of aliphatic hydroxyl groups is 1. The molecule has 2 nitrogen and oxygen atoms in total. The molecule has 0 fully saturated rings. The molecule has 3 heteroatoms. The summed E-state index contributed by atoms with van der Waals surface area (Å²) in [6, 6.07) is 7.59. The second-order valence-corrected chi connectivity index (χ2v) is 4.11. The van der Waals surface area contributed by atoms with Crippen molar-refractivity contribution in [3.05, 3.63) is 46.1 Å². The van der Waals surface area contributed by atoms with E-state index in [4.69, 9.17) is 4.74 Å². The van der Waals surface area contributed by atoms with Crippen LogP contribution in [0.2, 0.25) is 0 Å². The number of ether oxygens (including phenoxy) is 1. The third-order valence-electron chi connectivity index (χ3n) is 2.19. The lowest BCUT2D eigenvalue weighted by Crippen LogP contribution is -2.01. The maximum atomic E-state index is 9.90. The van der Waals surface area contributed by atoms with E-state index in [0.717, 1.165) is 16.5 Å². The van der Waals surface area contributed by atoms with Crippen LogP contribution in [-0.4, -0.2) is 11.7 Å². The first-order chi connectivity index (χ1) is 6.77. The standard InChI is InChI=1S/C11H11BrO2/c12-9-5-3-8(4-6-9)11(13)10-2-1-7-14-10/h2-6,11,13H,1,7H2. The van der Waals surface area contributed by atoms with Gasteiger partial charge in [-0.25, -0.2) is 0 Å². The fourth-order valence-corrected chi connectivity index (χ4v) is 1.70. The van der Waals surface area contributed by atoms with E-state index in [-0.39, 0.29) is 0 Å². The molecule has 1 aromatic carbocycles. The normalized spacial score (nSPS) is 17.4. The summed E-state index contributed by atoms with van der Waals surface area (Å²) in [4.78, 5) is 0. The van der Waals surface area contributed by atoms with Crippen molar-refractivity contribution < 1.29 is 9.84 Å². The number of hydrogen-bond donors (Lipinski definition) is 1. The summed E-state index contributed by atoms with van der Waals surface area (Å²) in [5.41, 5.74) is 0.862. The van der Waals surface area contributed by atoms with Gasteiger partial charge >= 0.3 is 0 Å². The molecule has 0 radical (unpaired) electrons. The highest BCUT2D eigenvalue weighted by atomic mass is 79.9. The SMILES string of the molecule is OC(C1=CCCO1)c1ccc(Br)cc1. The molecular weight excluding hydrogens is 244 g/mol. The van der Waals surface area contributed by atoms with Crippen LogP contribution in [0.1, 0.15) is 18.1 Å². The van der Waals surface area contributed by atoms with Gasteiger partial charge in [0.25, 0.3) is 0 Å². The summed E-state index contributed by atoms with van der Waals surface area (Å²) in [6.45, 7) is 0.683. The summed E-state index contributed by atoms with van der Waals surface area (Å²) >= 11 is 3.35. The Morgan fingerprint density at radius 3 is 2.57 bits per heavy atom. The number of hydrogen-bond acceptors (Lipinski definition) is 2. The smallest absolute Gasteiger partial charge is 0.136 e. The lowest BCUT2D eigenvalue weighted by atomic mass is 10.1. The third-order valence-corrected chi connectivity index (χ3v) is 2.72. The molecule has 1 atom stereocenters. The van der Waals surface area contributed by atoms with Crippen LogP contribution >= 0.6 is 15.9 Å². The fraction of sp³-hybridized carbons (Fsp3) is 0.273. The van der Waals surface area contributed by atoms with E-state index in [1.165, 1.54) is 0 Å². The molecule has 74 valence electrons. The minimum absolute atomic E-state index is 0.620. The Hall–Kier alpha value is -0.800. The molecule has 0 saturated carbocycles. The highest BCUT2D eigenvalue weighted by Crippen LogP contribution is 2.26. The molecule has 1 aliphatic heterocycles. The first kappa shape index (κ1) is 9.74. The molecule has 0 saturated heterocycles. The van der Waals surface area contributed by atoms with Crippen LogP contribution in [0, 0.1) is 0 Å². The van der Waals surface area contributed by atoms with Crippen molar-refractivity contribution in [1.82, 2.24) is 0 Å². The number of rotatable bonds is 2. The Morgan fingerprint density at radius 2 is 2.00 bits per heavy atom. The van der Waals surface area contributed by atoms with Crippen molar-refractivity contribution in [2.75, 3.05) is 6.61 Å². The van der Waals surface area contributed by atoms with Gasteiger partial charge in [-0.3, -0.25) is 0 Å². The molecule has 0 bridgehead atoms. The highest BCUT2D eigenvalue weighted by Gasteiger charge is 2.17. The van der Waals surface area contributed by atoms with Gasteiger partial charge in [-0.1, -0.05) is 28.1 Å². The van der Waals surface area contributed by atoms with Crippen molar-refractivity contribution in [2.24, 2.45) is 0 Å². The largest absolute Gasteiger partial charge is 0.495 e. The average molecular weight is 255 g/mol. The van der Waals surface area contributed by atoms with Gasteiger partial charge in [0.05, 0.1) is 6.61 Å². The summed E-state index contributed by atoms with van der Waals surface area (Å²) in [5, 5.41) is 9.90. The third kappa shape index (κ3) is 1.99. The Labute approximate surface area is 91.3 Å². The first-order valence-corrected chi connectivity index (χ1v) is 5.33. The molecular formula is C11H11BrO2. The van der Waals surface area contributed by atoms with Crippen molar-refractivity contribution in [2.45, 2.75) is 12.5 Å². The van der Waals surface area contributed by atoms with E-state index < -0.39 is 6.10 Å². The summed E-state index contributed by atoms with van der Waals surface area (Å²) in [5.74, 6) is 0.673. The number of benzene rings is 1. The summed E-state index contributed by atoms with van der Waals surface area (Å²) in [6.07, 6.45) is 2.21. The van der Waals surface area contributed by atoms with Gasteiger partial charge in [-0.2, -0.15) is 0 Å². The quantitative estimate of drug-likeness (QED) is 0.880. The Morgan fingerprint density at radius 1 is 1.29 bits per heavy atom. The van der Waals surface area contributed by atoms with Crippen LogP contribution in [0.15, 0.2) is 40.6 Å². The molecule has 1 N–H and O–H groups in total. The second-order valence-electron chi connectivity index (χ2n) is 3.20. The zero-order valence-corrected chi connectivity index (χ0v) is 9.20. The molecule has 14 heavy (non-hydrogen) atoms. The first-order valence-electron chi connectivity index (χ1n) is 4.54. The molecule has 0 aromatic heterocycles. The summed E-state index contributed by atoms with van der Waals surface area (Å²) in [7, 11) is 0. The van der Waals surface area contributed by atoms with Gasteiger partial charge in [-0.15, -0.1) is 0 Å². The van der Waals surface area contributed by atoms with Crippen LogP contribution in [-0.2, 0) is 4.74 Å². The van der Waals surface area contributed by atoms with E-state index in [1.807, 2.05) is 30.3 Å². The molecule has 0 spiro atoms. The molecule has 1 aromatic rings. The van der Waals surface area contributed by atoms with Crippen LogP contribution in [0.3, 0.4) is 0 Å². The van der Waals surface area contributed by atoms with Gasteiger partial charge < -0.3 is 9.84 Å². The number of aliphatic hydroxyl groups excluding tert-OH is 1. The van der Waals surface area contributed by atoms with E-state index in [2.05, 4.69) is 15.9 Å². The minimum atomic E-state index is -0.620. The fourth-order valence-electron chi connectivity index (χ4n) is 1.44. The zero-order valence-electron chi connectivity index (χ0n) is 7.61. The lowest BCUT2D eigenvalue weighted by Gasteiger charge is -2.12. The maximum absolute atomic E-state index is 9.90. The van der Waals surface area contributed by atoms with Crippen LogP contribution in [0.5, 0.6) is 0 Å². The molecule has 1 aliphatic rings. The topological polar surface area (TPSA) is 29.5 Å². The maximum Gasteiger partial charge on any atom is 0.136 e. The Kier molecular flexibility index (Phi) is 2.89. The van der Waals surface area contributed by atoms with E-state index in [0.29, 0.717) is 12.4 Å². The monoisotopic (exact) mass is 254 g/mol. The Bertz CT molecular complexity index is 343. The predicted molar refractivity (Wildman–Crippen MR) is 57.8 cm³/mol. The van der Waals surface area contributed by atoms with E-state index in [9.17, 15) is 5.11 Å². The van der Waals surface area contributed by atoms with E-state index in [1.54, 1.807) is 0 Å². The van der Waals surface area contributed by atoms with Crippen LogP contribution in [0.4, 0.5) is 0 Å². The number of halogens is 1. The van der Waals surface area contributed by atoms with Crippen molar-refractivity contribution in [3.8, 4) is 0 Å². The van der Waals surface area contributed by atoms with Gasteiger partial charge in [0.1, 0.15) is 11.9 Å². The average Bonchev–Trinajstić information content (AvgIpc) is 2.71. The molecule has 0 aliphatic carbocycles. The van der Waals surface area contributed by atoms with Crippen molar-refractivity contribution in [3.63, 3.8) is 0 Å². The second kappa shape index (κ2) is 4.15. The van der Waals surface area contributed by atoms with Crippen molar-refractivity contribution in [1.29, 1.82) is 0 Å². The van der Waals surface area contributed by atoms with Crippen LogP contribution < -0.4 is 0 Å². The van der Waals surface area contributed by atoms with Gasteiger partial charge in [-0.05, 0) is 23.8 Å². The zero-order chi connectivity index (χ0) is 9.97. The summed E-state index contributed by atoms with van der Waals surface area (Å²) < 4.78 is 6.31. The Balaban J connectivity index is 2.18. The predicted octanol–water partition coefficient (Wildman–Crippen LogP) is 2.79. The molecule has 1 heterocycles. The van der Waals surface area contributed by atoms with Gasteiger partial charge in [0, 0.05) is 10.9 Å². The molecule has 1 unspecified atom stereocenters. The highest BCUT2D eigenvalue weighted by molar-refractivity contribution is 9.10. The molecule has 2 rings (SSSR count).